The predicted molar refractivity (Wildman–Crippen MR) is 66.4 cm³/mol. The molecule has 0 aromatic heterocycles. The summed E-state index contributed by atoms with van der Waals surface area (Å²) in [5.74, 6) is 1.05. The maximum Gasteiger partial charge on any atom is 0.137 e. The van der Waals surface area contributed by atoms with Crippen LogP contribution >= 0.6 is 0 Å². The first-order chi connectivity index (χ1) is 7.79. The fourth-order valence-corrected chi connectivity index (χ4v) is 2.97. The van der Waals surface area contributed by atoms with Gasteiger partial charge >= 0.3 is 0 Å². The van der Waals surface area contributed by atoms with Crippen LogP contribution in [0.2, 0.25) is 0 Å². The van der Waals surface area contributed by atoms with E-state index in [2.05, 4.69) is 12.1 Å². The van der Waals surface area contributed by atoms with Crippen molar-refractivity contribution in [3.05, 3.63) is 35.9 Å². The fraction of sp³-hybridized carbons (Fsp3) is 0.533. The van der Waals surface area contributed by atoms with Crippen molar-refractivity contribution in [1.82, 2.24) is 0 Å². The van der Waals surface area contributed by atoms with Crippen LogP contribution in [-0.4, -0.2) is 5.78 Å². The maximum atomic E-state index is 11.8. The first-order valence-corrected chi connectivity index (χ1v) is 6.34. The molecule has 0 spiro atoms. The summed E-state index contributed by atoms with van der Waals surface area (Å²) in [6.45, 7) is 1.74. The van der Waals surface area contributed by atoms with E-state index in [1.165, 1.54) is 37.7 Å². The molecule has 86 valence electrons. The normalized spacial score (nSPS) is 19.3. The van der Waals surface area contributed by atoms with Gasteiger partial charge in [0.25, 0.3) is 0 Å². The molecule has 1 aromatic rings. The molecule has 0 bridgehead atoms. The third-order valence-corrected chi connectivity index (χ3v) is 3.72. The van der Waals surface area contributed by atoms with Crippen LogP contribution in [0.25, 0.3) is 0 Å². The van der Waals surface area contributed by atoms with E-state index >= 15 is 0 Å². The van der Waals surface area contributed by atoms with Gasteiger partial charge in [-0.2, -0.15) is 0 Å². The Kier molecular flexibility index (Phi) is 3.76. The summed E-state index contributed by atoms with van der Waals surface area (Å²) in [5.41, 5.74) is 1.21. The van der Waals surface area contributed by atoms with Crippen molar-refractivity contribution in [2.24, 2.45) is 5.92 Å². The molecule has 16 heavy (non-hydrogen) atoms. The van der Waals surface area contributed by atoms with Crippen LogP contribution in [0, 0.1) is 5.92 Å². The minimum absolute atomic E-state index is 0.140. The number of ketones is 1. The van der Waals surface area contributed by atoms with Crippen LogP contribution in [0.5, 0.6) is 0 Å². The van der Waals surface area contributed by atoms with Gasteiger partial charge in [-0.3, -0.25) is 4.79 Å². The third kappa shape index (κ3) is 2.52. The van der Waals surface area contributed by atoms with Gasteiger partial charge in [0.15, 0.2) is 0 Å². The molecule has 0 radical (unpaired) electrons. The summed E-state index contributed by atoms with van der Waals surface area (Å²) < 4.78 is 0. The maximum absolute atomic E-state index is 11.8. The SMILES string of the molecule is CC(=O)[C@H](c1ccccc1)C1CCCCC1. The van der Waals surface area contributed by atoms with E-state index in [1.54, 1.807) is 6.92 Å². The van der Waals surface area contributed by atoms with Crippen LogP contribution in [0.1, 0.15) is 50.5 Å². The lowest BCUT2D eigenvalue weighted by atomic mass is 9.75. The molecular formula is C15H20O. The number of Topliss-reactive ketones (excluding diaryl/α,β-unsaturated/α-hetero) is 1. The topological polar surface area (TPSA) is 17.1 Å². The van der Waals surface area contributed by atoms with E-state index in [1.807, 2.05) is 18.2 Å². The third-order valence-electron chi connectivity index (χ3n) is 3.72. The lowest BCUT2D eigenvalue weighted by Gasteiger charge is -2.28. The summed E-state index contributed by atoms with van der Waals surface area (Å²) in [5, 5.41) is 0. The Labute approximate surface area is 97.9 Å². The molecule has 1 aliphatic rings. The van der Waals surface area contributed by atoms with Crippen LogP contribution in [0.4, 0.5) is 0 Å². The molecule has 2 rings (SSSR count). The van der Waals surface area contributed by atoms with Gasteiger partial charge in [0.05, 0.1) is 0 Å². The Hall–Kier alpha value is -1.11. The second-order valence-corrected chi connectivity index (χ2v) is 4.90. The standard InChI is InChI=1S/C15H20O/c1-12(16)15(13-8-4-2-5-9-13)14-10-6-3-7-11-14/h2,4-5,8-9,14-15H,3,6-7,10-11H2,1H3/t15-/m1/s1. The summed E-state index contributed by atoms with van der Waals surface area (Å²) in [6.07, 6.45) is 6.37. The lowest BCUT2D eigenvalue weighted by Crippen LogP contribution is -2.22. The molecule has 1 aromatic carbocycles. The molecular weight excluding hydrogens is 196 g/mol. The molecule has 1 fully saturated rings. The molecule has 0 N–H and O–H groups in total. The quantitative estimate of drug-likeness (QED) is 0.748. The number of benzene rings is 1. The van der Waals surface area contributed by atoms with E-state index in [-0.39, 0.29) is 5.92 Å². The summed E-state index contributed by atoms with van der Waals surface area (Å²) in [4.78, 5) is 11.8. The zero-order valence-electron chi connectivity index (χ0n) is 9.99. The molecule has 1 aliphatic carbocycles. The molecule has 0 saturated heterocycles. The number of hydrogen-bond acceptors (Lipinski definition) is 1. The highest BCUT2D eigenvalue weighted by atomic mass is 16.1. The molecule has 0 aliphatic heterocycles. The Bertz CT molecular complexity index is 336. The van der Waals surface area contributed by atoms with Gasteiger partial charge in [0.1, 0.15) is 5.78 Å². The Morgan fingerprint density at radius 1 is 1.12 bits per heavy atom. The zero-order valence-corrected chi connectivity index (χ0v) is 9.99. The molecule has 1 nitrogen and oxygen atoms in total. The molecule has 1 atom stereocenters. The van der Waals surface area contributed by atoms with Crippen LogP contribution in [0.3, 0.4) is 0 Å². The van der Waals surface area contributed by atoms with Gasteiger partial charge in [-0.1, -0.05) is 49.6 Å². The molecule has 0 amide bonds. The average molecular weight is 216 g/mol. The van der Waals surface area contributed by atoms with Crippen LogP contribution in [-0.2, 0) is 4.79 Å². The van der Waals surface area contributed by atoms with Crippen LogP contribution in [0.15, 0.2) is 30.3 Å². The first kappa shape index (κ1) is 11.4. The van der Waals surface area contributed by atoms with Gasteiger partial charge in [-0.05, 0) is 31.2 Å². The Morgan fingerprint density at radius 2 is 1.75 bits per heavy atom. The van der Waals surface area contributed by atoms with Crippen molar-refractivity contribution < 1.29 is 4.79 Å². The largest absolute Gasteiger partial charge is 0.299 e. The van der Waals surface area contributed by atoms with Crippen molar-refractivity contribution in [3.8, 4) is 0 Å². The number of carbonyl (C=O) groups excluding carboxylic acids is 1. The second-order valence-electron chi connectivity index (χ2n) is 4.90. The smallest absolute Gasteiger partial charge is 0.137 e. The second kappa shape index (κ2) is 5.29. The Morgan fingerprint density at radius 3 is 2.31 bits per heavy atom. The van der Waals surface area contributed by atoms with Crippen LogP contribution < -0.4 is 0 Å². The van der Waals surface area contributed by atoms with Crippen molar-refractivity contribution in [3.63, 3.8) is 0 Å². The van der Waals surface area contributed by atoms with Crippen molar-refractivity contribution in [2.75, 3.05) is 0 Å². The highest BCUT2D eigenvalue weighted by Crippen LogP contribution is 2.36. The number of carbonyl (C=O) groups is 1. The summed E-state index contributed by atoms with van der Waals surface area (Å²) in [7, 11) is 0. The highest BCUT2D eigenvalue weighted by molar-refractivity contribution is 5.83. The number of rotatable bonds is 3. The predicted octanol–water partition coefficient (Wildman–Crippen LogP) is 3.94. The fourth-order valence-electron chi connectivity index (χ4n) is 2.97. The molecule has 0 heterocycles. The first-order valence-electron chi connectivity index (χ1n) is 6.34. The molecule has 1 heteroatoms. The number of hydrogen-bond donors (Lipinski definition) is 0. The van der Waals surface area contributed by atoms with Gasteiger partial charge in [0, 0.05) is 5.92 Å². The van der Waals surface area contributed by atoms with Crippen molar-refractivity contribution in [2.45, 2.75) is 44.9 Å². The van der Waals surface area contributed by atoms with E-state index in [0.717, 1.165) is 0 Å². The minimum Gasteiger partial charge on any atom is -0.299 e. The highest BCUT2D eigenvalue weighted by Gasteiger charge is 2.28. The average Bonchev–Trinajstić information content (AvgIpc) is 2.31. The van der Waals surface area contributed by atoms with E-state index < -0.39 is 0 Å². The van der Waals surface area contributed by atoms with E-state index in [9.17, 15) is 4.79 Å². The Balaban J connectivity index is 2.20. The van der Waals surface area contributed by atoms with Gasteiger partial charge in [-0.15, -0.1) is 0 Å². The molecule has 1 saturated carbocycles. The van der Waals surface area contributed by atoms with Gasteiger partial charge in [0.2, 0.25) is 0 Å². The van der Waals surface area contributed by atoms with Crippen molar-refractivity contribution in [1.29, 1.82) is 0 Å². The summed E-state index contributed by atoms with van der Waals surface area (Å²) in [6, 6.07) is 10.3. The zero-order chi connectivity index (χ0) is 11.4. The molecule has 0 unspecified atom stereocenters. The van der Waals surface area contributed by atoms with E-state index in [0.29, 0.717) is 11.7 Å². The lowest BCUT2D eigenvalue weighted by molar-refractivity contribution is -0.119. The van der Waals surface area contributed by atoms with Crippen molar-refractivity contribution >= 4 is 5.78 Å². The monoisotopic (exact) mass is 216 g/mol. The van der Waals surface area contributed by atoms with Gasteiger partial charge < -0.3 is 0 Å². The minimum atomic E-state index is 0.140. The van der Waals surface area contributed by atoms with E-state index in [4.69, 9.17) is 0 Å². The van der Waals surface area contributed by atoms with Gasteiger partial charge in [-0.25, -0.2) is 0 Å². The summed E-state index contributed by atoms with van der Waals surface area (Å²) >= 11 is 0.